The number of imidazole rings is 1. The summed E-state index contributed by atoms with van der Waals surface area (Å²) >= 11 is 0. The van der Waals surface area contributed by atoms with Crippen molar-refractivity contribution >= 4 is 22.1 Å². The minimum atomic E-state index is 0.782. The van der Waals surface area contributed by atoms with Crippen molar-refractivity contribution in [2.24, 2.45) is 0 Å². The van der Waals surface area contributed by atoms with Gasteiger partial charge < -0.3 is 9.97 Å². The number of fused-ring (bicyclic) bond motifs is 2. The molecule has 0 bridgehead atoms. The summed E-state index contributed by atoms with van der Waals surface area (Å²) in [5, 5.41) is 1.28. The van der Waals surface area contributed by atoms with E-state index in [1.807, 2.05) is 18.3 Å². The number of aromatic nitrogens is 5. The van der Waals surface area contributed by atoms with Gasteiger partial charge in [0.05, 0.1) is 12.5 Å². The maximum atomic E-state index is 3.94. The molecule has 0 saturated carbocycles. The number of nitrogens with one attached hydrogen (secondary N) is 2. The molecular formula is C13H11N5. The van der Waals surface area contributed by atoms with Crippen molar-refractivity contribution in [3.05, 3.63) is 55.4 Å². The largest absolute Gasteiger partial charge is 0.361 e. The van der Waals surface area contributed by atoms with Gasteiger partial charge >= 0.3 is 0 Å². The summed E-state index contributed by atoms with van der Waals surface area (Å²) in [5.74, 6) is 0. The molecule has 0 aliphatic heterocycles. The van der Waals surface area contributed by atoms with Gasteiger partial charge in [-0.15, -0.1) is 0 Å². The molecular weight excluding hydrogens is 226 g/mol. The summed E-state index contributed by atoms with van der Waals surface area (Å²) in [6.07, 6.45) is 6.70. The number of hydrogen-bond donors (Lipinski definition) is 2. The Bertz CT molecular complexity index is 629. The van der Waals surface area contributed by atoms with Crippen LogP contribution >= 0.6 is 0 Å². The van der Waals surface area contributed by atoms with Gasteiger partial charge in [0, 0.05) is 11.7 Å². The number of nitrogens with zero attached hydrogens (tertiary/aromatic N) is 3. The fraction of sp³-hybridized carbons (Fsp3) is 0. The van der Waals surface area contributed by atoms with E-state index < -0.39 is 0 Å². The molecule has 0 aliphatic rings. The Kier molecular flexibility index (Phi) is 2.71. The number of hydrogen-bond acceptors (Lipinski definition) is 3. The third-order valence-electron chi connectivity index (χ3n) is 2.56. The molecule has 0 saturated heterocycles. The lowest BCUT2D eigenvalue weighted by atomic mass is 10.3. The summed E-state index contributed by atoms with van der Waals surface area (Å²) in [7, 11) is 0. The Morgan fingerprint density at radius 3 is 2.78 bits per heavy atom. The third-order valence-corrected chi connectivity index (χ3v) is 2.56. The van der Waals surface area contributed by atoms with Crippen molar-refractivity contribution in [2.75, 3.05) is 0 Å². The van der Waals surface area contributed by atoms with Gasteiger partial charge in [-0.25, -0.2) is 15.0 Å². The molecule has 3 aromatic heterocycles. The van der Waals surface area contributed by atoms with E-state index in [1.54, 1.807) is 12.5 Å². The molecule has 5 heteroatoms. The van der Waals surface area contributed by atoms with Gasteiger partial charge in [-0.1, -0.05) is 18.2 Å². The van der Waals surface area contributed by atoms with E-state index in [9.17, 15) is 0 Å². The second-order valence-corrected chi connectivity index (χ2v) is 3.72. The molecule has 18 heavy (non-hydrogen) atoms. The van der Waals surface area contributed by atoms with Gasteiger partial charge in [0.2, 0.25) is 0 Å². The minimum Gasteiger partial charge on any atom is -0.361 e. The Morgan fingerprint density at radius 2 is 1.89 bits per heavy atom. The van der Waals surface area contributed by atoms with Gasteiger partial charge in [0.25, 0.3) is 0 Å². The molecule has 2 N–H and O–H groups in total. The fourth-order valence-electron chi connectivity index (χ4n) is 1.69. The second kappa shape index (κ2) is 4.67. The van der Waals surface area contributed by atoms with Crippen LogP contribution in [0.15, 0.2) is 55.4 Å². The summed E-state index contributed by atoms with van der Waals surface area (Å²) in [4.78, 5) is 17.6. The first-order chi connectivity index (χ1) is 8.93. The Balaban J connectivity index is 0.000000111. The zero-order valence-corrected chi connectivity index (χ0v) is 9.54. The van der Waals surface area contributed by atoms with Gasteiger partial charge in [-0.05, 0) is 17.5 Å². The molecule has 4 rings (SSSR count). The molecule has 0 atom stereocenters. The van der Waals surface area contributed by atoms with Crippen LogP contribution in [0.2, 0.25) is 0 Å². The Labute approximate surface area is 103 Å². The fourth-order valence-corrected chi connectivity index (χ4v) is 1.69. The highest BCUT2D eigenvalue weighted by Gasteiger charge is 1.91. The average Bonchev–Trinajstić information content (AvgIpc) is 3.08. The van der Waals surface area contributed by atoms with Crippen LogP contribution in [-0.2, 0) is 0 Å². The molecule has 0 unspecified atom stereocenters. The predicted octanol–water partition coefficient (Wildman–Crippen LogP) is 2.52. The monoisotopic (exact) mass is 237 g/mol. The standard InChI is InChI=1S/C8H7N.C5H4N4/c1-2-4-8-7(3-1)5-6-9-8;1-4-5(8-2-6-1)9-3-7-4/h1-6,9H;1-3H,(H,6,7,8,9). The van der Waals surface area contributed by atoms with Gasteiger partial charge in [-0.3, -0.25) is 0 Å². The van der Waals surface area contributed by atoms with Crippen LogP contribution in [0.5, 0.6) is 0 Å². The first-order valence-electron chi connectivity index (χ1n) is 5.55. The van der Waals surface area contributed by atoms with Crippen molar-refractivity contribution < 1.29 is 0 Å². The highest BCUT2D eigenvalue weighted by molar-refractivity contribution is 5.78. The molecule has 3 heterocycles. The molecule has 0 fully saturated rings. The summed E-state index contributed by atoms with van der Waals surface area (Å²) in [6, 6.07) is 10.3. The number of rotatable bonds is 0. The smallest absolute Gasteiger partial charge is 0.160 e. The molecule has 0 aliphatic carbocycles. The molecule has 0 amide bonds. The van der Waals surface area contributed by atoms with Crippen LogP contribution in [0.25, 0.3) is 22.1 Å². The minimum absolute atomic E-state index is 0.782. The SMILES string of the molecule is c1ccc2[nH]ccc2c1.c1ncc2nc[nH]c2n1. The van der Waals surface area contributed by atoms with E-state index in [4.69, 9.17) is 0 Å². The van der Waals surface area contributed by atoms with E-state index in [0.717, 1.165) is 11.2 Å². The quantitative estimate of drug-likeness (QED) is 0.493. The summed E-state index contributed by atoms with van der Waals surface area (Å²) < 4.78 is 0. The molecule has 4 aromatic rings. The lowest BCUT2D eigenvalue weighted by Crippen LogP contribution is -1.76. The topological polar surface area (TPSA) is 70.2 Å². The van der Waals surface area contributed by atoms with Crippen molar-refractivity contribution in [1.82, 2.24) is 24.9 Å². The van der Waals surface area contributed by atoms with E-state index in [0.29, 0.717) is 0 Å². The highest BCUT2D eigenvalue weighted by Crippen LogP contribution is 2.09. The first-order valence-corrected chi connectivity index (χ1v) is 5.55. The lowest BCUT2D eigenvalue weighted by Gasteiger charge is -1.83. The van der Waals surface area contributed by atoms with Crippen LogP contribution in [0, 0.1) is 0 Å². The Morgan fingerprint density at radius 1 is 0.944 bits per heavy atom. The molecule has 1 aromatic carbocycles. The number of para-hydroxylation sites is 1. The van der Waals surface area contributed by atoms with Gasteiger partial charge in [0.1, 0.15) is 11.8 Å². The Hall–Kier alpha value is -2.69. The normalized spacial score (nSPS) is 10.2. The molecule has 5 nitrogen and oxygen atoms in total. The number of H-pyrrole nitrogens is 2. The van der Waals surface area contributed by atoms with Crippen molar-refractivity contribution in [1.29, 1.82) is 0 Å². The maximum Gasteiger partial charge on any atom is 0.160 e. The van der Waals surface area contributed by atoms with Crippen LogP contribution in [0.4, 0.5) is 0 Å². The number of aromatic amines is 2. The lowest BCUT2D eigenvalue weighted by molar-refractivity contribution is 1.20. The zero-order chi connectivity index (χ0) is 12.2. The van der Waals surface area contributed by atoms with Crippen molar-refractivity contribution in [2.45, 2.75) is 0 Å². The van der Waals surface area contributed by atoms with E-state index >= 15 is 0 Å². The second-order valence-electron chi connectivity index (χ2n) is 3.72. The molecule has 0 radical (unpaired) electrons. The van der Waals surface area contributed by atoms with Crippen LogP contribution in [0.1, 0.15) is 0 Å². The van der Waals surface area contributed by atoms with Crippen molar-refractivity contribution in [3.8, 4) is 0 Å². The first kappa shape index (κ1) is 10.5. The van der Waals surface area contributed by atoms with Gasteiger partial charge in [0.15, 0.2) is 5.65 Å². The molecule has 88 valence electrons. The number of benzene rings is 1. The average molecular weight is 237 g/mol. The van der Waals surface area contributed by atoms with E-state index in [1.165, 1.54) is 17.2 Å². The van der Waals surface area contributed by atoms with Crippen LogP contribution in [0.3, 0.4) is 0 Å². The molecule has 0 spiro atoms. The van der Waals surface area contributed by atoms with Gasteiger partial charge in [-0.2, -0.15) is 0 Å². The summed E-state index contributed by atoms with van der Waals surface area (Å²) in [5.41, 5.74) is 2.79. The van der Waals surface area contributed by atoms with E-state index in [-0.39, 0.29) is 0 Å². The zero-order valence-electron chi connectivity index (χ0n) is 9.54. The highest BCUT2D eigenvalue weighted by atomic mass is 15.0. The summed E-state index contributed by atoms with van der Waals surface area (Å²) in [6.45, 7) is 0. The van der Waals surface area contributed by atoms with Crippen LogP contribution < -0.4 is 0 Å². The van der Waals surface area contributed by atoms with Crippen LogP contribution in [-0.4, -0.2) is 24.9 Å². The van der Waals surface area contributed by atoms with E-state index in [2.05, 4.69) is 43.1 Å². The maximum absolute atomic E-state index is 3.94. The predicted molar refractivity (Wildman–Crippen MR) is 70.0 cm³/mol. The third kappa shape index (κ3) is 2.06. The van der Waals surface area contributed by atoms with Crippen molar-refractivity contribution in [3.63, 3.8) is 0 Å².